The predicted molar refractivity (Wildman–Crippen MR) is 132 cm³/mol. The Hall–Kier alpha value is -4.00. The maximum Gasteiger partial charge on any atom is 0.271 e. The van der Waals surface area contributed by atoms with Crippen LogP contribution in [0, 0.1) is 10.1 Å². The molecule has 0 saturated carbocycles. The number of anilines is 2. The first-order valence-electron chi connectivity index (χ1n) is 11.5. The Balaban J connectivity index is 1.87. The molecule has 0 radical (unpaired) electrons. The second-order valence-electron chi connectivity index (χ2n) is 8.49. The number of nitro benzene ring substituents is 1. The molecule has 34 heavy (non-hydrogen) atoms. The monoisotopic (exact) mass is 457 g/mol. The van der Waals surface area contributed by atoms with E-state index in [1.165, 1.54) is 12.1 Å². The molecule has 0 N–H and O–H groups in total. The quantitative estimate of drug-likeness (QED) is 0.340. The van der Waals surface area contributed by atoms with E-state index in [9.17, 15) is 19.7 Å². The van der Waals surface area contributed by atoms with Crippen molar-refractivity contribution in [2.45, 2.75) is 45.2 Å². The molecular weight excluding hydrogens is 430 g/mol. The second kappa shape index (κ2) is 9.87. The lowest BCUT2D eigenvalue weighted by molar-refractivity contribution is -0.384. The summed E-state index contributed by atoms with van der Waals surface area (Å²) < 4.78 is 0. The molecule has 0 spiro atoms. The summed E-state index contributed by atoms with van der Waals surface area (Å²) in [6.45, 7) is 3.96. The summed E-state index contributed by atoms with van der Waals surface area (Å²) in [5, 5.41) is 11.5. The van der Waals surface area contributed by atoms with Crippen molar-refractivity contribution < 1.29 is 14.5 Å². The first-order valence-corrected chi connectivity index (χ1v) is 11.5. The summed E-state index contributed by atoms with van der Waals surface area (Å²) >= 11 is 0. The highest BCUT2D eigenvalue weighted by atomic mass is 16.6. The SMILES string of the molecule is CCCC(=O)N1c2ccccc2[C@H](N(C(=O)c2ccccc2)c2cccc([N+](=O)[O-])c2)C[C@@H]1C. The fraction of sp³-hybridized carbons (Fsp3) is 0.259. The molecule has 0 fully saturated rings. The number of nitrogens with zero attached hydrogens (tertiary/aromatic N) is 3. The van der Waals surface area contributed by atoms with Gasteiger partial charge >= 0.3 is 0 Å². The summed E-state index contributed by atoms with van der Waals surface area (Å²) in [5.74, 6) is -0.196. The third-order valence-electron chi connectivity index (χ3n) is 6.16. The summed E-state index contributed by atoms with van der Waals surface area (Å²) in [4.78, 5) is 41.3. The highest BCUT2D eigenvalue weighted by Gasteiger charge is 2.38. The van der Waals surface area contributed by atoms with E-state index in [0.29, 0.717) is 24.1 Å². The largest absolute Gasteiger partial charge is 0.309 e. The van der Waals surface area contributed by atoms with E-state index in [1.54, 1.807) is 41.3 Å². The zero-order valence-electron chi connectivity index (χ0n) is 19.3. The van der Waals surface area contributed by atoms with Gasteiger partial charge in [-0.05, 0) is 49.6 Å². The van der Waals surface area contributed by atoms with Gasteiger partial charge in [-0.25, -0.2) is 0 Å². The van der Waals surface area contributed by atoms with Crippen LogP contribution < -0.4 is 9.80 Å². The molecule has 3 aromatic carbocycles. The average Bonchev–Trinajstić information content (AvgIpc) is 2.85. The molecule has 0 unspecified atom stereocenters. The molecule has 174 valence electrons. The van der Waals surface area contributed by atoms with Gasteiger partial charge in [0.15, 0.2) is 0 Å². The number of amides is 2. The van der Waals surface area contributed by atoms with Crippen molar-refractivity contribution in [1.82, 2.24) is 0 Å². The third kappa shape index (κ3) is 4.41. The number of fused-ring (bicyclic) bond motifs is 1. The van der Waals surface area contributed by atoms with Crippen LogP contribution in [0.4, 0.5) is 17.1 Å². The number of nitro groups is 1. The summed E-state index contributed by atoms with van der Waals surface area (Å²) in [5.41, 5.74) is 2.48. The molecule has 7 nitrogen and oxygen atoms in total. The maximum absolute atomic E-state index is 13.8. The van der Waals surface area contributed by atoms with Crippen LogP contribution in [0.3, 0.4) is 0 Å². The predicted octanol–water partition coefficient (Wildman–Crippen LogP) is 5.91. The van der Waals surface area contributed by atoms with Gasteiger partial charge < -0.3 is 9.80 Å². The molecule has 0 aliphatic carbocycles. The number of hydrogen-bond donors (Lipinski definition) is 0. The van der Waals surface area contributed by atoms with Crippen LogP contribution in [-0.2, 0) is 4.79 Å². The molecule has 0 aromatic heterocycles. The molecule has 2 amide bonds. The Kier molecular flexibility index (Phi) is 6.72. The number of hydrogen-bond acceptors (Lipinski definition) is 4. The lowest BCUT2D eigenvalue weighted by atomic mass is 9.89. The molecule has 1 aliphatic rings. The number of benzene rings is 3. The standard InChI is InChI=1S/C27H27N3O4/c1-3-10-26(31)28-19(2)17-25(23-15-7-8-16-24(23)28)29(27(32)20-11-5-4-6-12-20)21-13-9-14-22(18-21)30(33)34/h4-9,11-16,18-19,25H,3,10,17H2,1-2H3/t19-,25+/m0/s1. The van der Waals surface area contributed by atoms with Crippen LogP contribution in [-0.4, -0.2) is 22.8 Å². The van der Waals surface area contributed by atoms with E-state index in [2.05, 4.69) is 0 Å². The van der Waals surface area contributed by atoms with Gasteiger partial charge in [-0.15, -0.1) is 0 Å². The van der Waals surface area contributed by atoms with Gasteiger partial charge in [-0.2, -0.15) is 0 Å². The van der Waals surface area contributed by atoms with Gasteiger partial charge in [0.05, 0.1) is 16.7 Å². The molecule has 3 aromatic rings. The zero-order chi connectivity index (χ0) is 24.2. The third-order valence-corrected chi connectivity index (χ3v) is 6.16. The van der Waals surface area contributed by atoms with E-state index in [0.717, 1.165) is 17.7 Å². The van der Waals surface area contributed by atoms with Crippen molar-refractivity contribution in [3.05, 3.63) is 100 Å². The Morgan fingerprint density at radius 2 is 1.74 bits per heavy atom. The van der Waals surface area contributed by atoms with Gasteiger partial charge in [-0.3, -0.25) is 19.7 Å². The van der Waals surface area contributed by atoms with Crippen molar-refractivity contribution in [2.75, 3.05) is 9.80 Å². The minimum Gasteiger partial charge on any atom is -0.309 e. The van der Waals surface area contributed by atoms with Crippen LogP contribution in [0.25, 0.3) is 0 Å². The highest BCUT2D eigenvalue weighted by Crippen LogP contribution is 2.43. The first kappa shape index (κ1) is 23.2. The summed E-state index contributed by atoms with van der Waals surface area (Å²) in [6, 6.07) is 22.1. The fourth-order valence-corrected chi connectivity index (χ4v) is 4.66. The zero-order valence-corrected chi connectivity index (χ0v) is 19.3. The van der Waals surface area contributed by atoms with E-state index in [1.807, 2.05) is 49.1 Å². The van der Waals surface area contributed by atoms with Crippen molar-refractivity contribution >= 4 is 28.9 Å². The summed E-state index contributed by atoms with van der Waals surface area (Å²) in [7, 11) is 0. The van der Waals surface area contributed by atoms with Crippen LogP contribution in [0.1, 0.15) is 55.1 Å². The van der Waals surface area contributed by atoms with Crippen molar-refractivity contribution in [1.29, 1.82) is 0 Å². The Labute approximate surface area is 198 Å². The minimum atomic E-state index is -0.461. The normalized spacial score (nSPS) is 17.1. The van der Waals surface area contributed by atoms with Gasteiger partial charge in [0.1, 0.15) is 0 Å². The second-order valence-corrected chi connectivity index (χ2v) is 8.49. The number of non-ortho nitro benzene ring substituents is 1. The molecule has 0 bridgehead atoms. The Morgan fingerprint density at radius 1 is 1.03 bits per heavy atom. The molecule has 1 heterocycles. The van der Waals surface area contributed by atoms with E-state index in [4.69, 9.17) is 0 Å². The lowest BCUT2D eigenvalue weighted by Crippen LogP contribution is -2.47. The van der Waals surface area contributed by atoms with E-state index < -0.39 is 11.0 Å². The number of carbonyl (C=O) groups excluding carboxylic acids is 2. The molecule has 1 aliphatic heterocycles. The van der Waals surface area contributed by atoms with E-state index >= 15 is 0 Å². The van der Waals surface area contributed by atoms with Crippen molar-refractivity contribution in [3.8, 4) is 0 Å². The van der Waals surface area contributed by atoms with Crippen LogP contribution in [0.15, 0.2) is 78.9 Å². The number of carbonyl (C=O) groups is 2. The van der Waals surface area contributed by atoms with E-state index in [-0.39, 0.29) is 23.5 Å². The topological polar surface area (TPSA) is 83.8 Å². The molecule has 2 atom stereocenters. The molecular formula is C27H27N3O4. The number of rotatable bonds is 6. The smallest absolute Gasteiger partial charge is 0.271 e. The minimum absolute atomic E-state index is 0.0529. The fourth-order valence-electron chi connectivity index (χ4n) is 4.66. The summed E-state index contributed by atoms with van der Waals surface area (Å²) in [6.07, 6.45) is 1.70. The average molecular weight is 458 g/mol. The highest BCUT2D eigenvalue weighted by molar-refractivity contribution is 6.07. The maximum atomic E-state index is 13.8. The van der Waals surface area contributed by atoms with Gasteiger partial charge in [0.25, 0.3) is 11.6 Å². The van der Waals surface area contributed by atoms with Crippen LogP contribution >= 0.6 is 0 Å². The molecule has 4 rings (SSSR count). The Bertz CT molecular complexity index is 1210. The van der Waals surface area contributed by atoms with Gasteiger partial charge in [0.2, 0.25) is 5.91 Å². The first-order chi connectivity index (χ1) is 16.4. The van der Waals surface area contributed by atoms with Crippen LogP contribution in [0.5, 0.6) is 0 Å². The van der Waals surface area contributed by atoms with Crippen molar-refractivity contribution in [3.63, 3.8) is 0 Å². The van der Waals surface area contributed by atoms with Gasteiger partial charge in [-0.1, -0.05) is 49.4 Å². The Morgan fingerprint density at radius 3 is 2.44 bits per heavy atom. The van der Waals surface area contributed by atoms with Crippen molar-refractivity contribution in [2.24, 2.45) is 0 Å². The molecule has 0 saturated heterocycles. The number of para-hydroxylation sites is 1. The van der Waals surface area contributed by atoms with Crippen LogP contribution in [0.2, 0.25) is 0 Å². The van der Waals surface area contributed by atoms with Gasteiger partial charge in [0, 0.05) is 35.8 Å². The molecule has 7 heteroatoms. The lowest BCUT2D eigenvalue weighted by Gasteiger charge is -2.43.